The van der Waals surface area contributed by atoms with Crippen LogP contribution in [0.3, 0.4) is 0 Å². The number of benzene rings is 1. The lowest BCUT2D eigenvalue weighted by Gasteiger charge is -2.35. The molecule has 128 valence electrons. The lowest BCUT2D eigenvalue weighted by Crippen LogP contribution is -2.46. The summed E-state index contributed by atoms with van der Waals surface area (Å²) in [5.41, 5.74) is 0.586. The highest BCUT2D eigenvalue weighted by atomic mass is 16.2. The van der Waals surface area contributed by atoms with Crippen molar-refractivity contribution in [3.63, 3.8) is 0 Å². The molecule has 0 bridgehead atoms. The Balaban J connectivity index is 1.75. The second kappa shape index (κ2) is 8.01. The molecular weight excluding hydrogens is 300 g/mol. The highest BCUT2D eigenvalue weighted by Gasteiger charge is 2.32. The van der Waals surface area contributed by atoms with Crippen LogP contribution in [-0.4, -0.2) is 36.3 Å². The Kier molecular flexibility index (Phi) is 6.03. The van der Waals surface area contributed by atoms with Gasteiger partial charge in [-0.1, -0.05) is 50.8 Å². The second-order valence-corrected chi connectivity index (χ2v) is 7.20. The molecule has 1 fully saturated rings. The fraction of sp³-hybridized carbons (Fsp3) is 0.500. The largest absolute Gasteiger partial charge is 0.345 e. The molecule has 1 aromatic rings. The lowest BCUT2D eigenvalue weighted by molar-refractivity contribution is -0.142. The van der Waals surface area contributed by atoms with E-state index in [1.807, 2.05) is 56.0 Å². The monoisotopic (exact) mass is 326 g/mol. The van der Waals surface area contributed by atoms with Crippen LogP contribution in [0.5, 0.6) is 0 Å². The first kappa shape index (κ1) is 18.1. The molecule has 2 amide bonds. The minimum atomic E-state index is -0.359. The number of carbonyl (C=O) groups excluding carboxylic acids is 2. The molecular formula is C20H26N2O2. The van der Waals surface area contributed by atoms with Crippen molar-refractivity contribution in [3.8, 4) is 11.8 Å². The van der Waals surface area contributed by atoms with Gasteiger partial charge in [0.15, 0.2) is 0 Å². The van der Waals surface area contributed by atoms with Gasteiger partial charge >= 0.3 is 0 Å². The second-order valence-electron chi connectivity index (χ2n) is 7.20. The van der Waals surface area contributed by atoms with Crippen molar-refractivity contribution in [1.82, 2.24) is 10.2 Å². The Morgan fingerprint density at radius 2 is 1.79 bits per heavy atom. The Bertz CT molecular complexity index is 627. The highest BCUT2D eigenvalue weighted by Crippen LogP contribution is 2.23. The maximum Gasteiger partial charge on any atom is 0.227 e. The average molecular weight is 326 g/mol. The number of likely N-dealkylation sites (tertiary alicyclic amines) is 1. The number of hydrogen-bond donors (Lipinski definition) is 1. The minimum absolute atomic E-state index is 0.0208. The van der Waals surface area contributed by atoms with Crippen LogP contribution in [0.4, 0.5) is 0 Å². The van der Waals surface area contributed by atoms with Gasteiger partial charge in [0.1, 0.15) is 0 Å². The standard InChI is InChI=1S/C20H26N2O2/c1-20(2,3)19(24)22-14-11-17(12-15-22)18(23)21-13-7-10-16-8-5-4-6-9-16/h4-6,8-9,17H,11-15H2,1-3H3,(H,21,23). The summed E-state index contributed by atoms with van der Waals surface area (Å²) in [5, 5.41) is 2.88. The van der Waals surface area contributed by atoms with E-state index in [-0.39, 0.29) is 23.1 Å². The van der Waals surface area contributed by atoms with E-state index in [1.165, 1.54) is 0 Å². The van der Waals surface area contributed by atoms with E-state index >= 15 is 0 Å². The van der Waals surface area contributed by atoms with Crippen LogP contribution in [0.1, 0.15) is 39.2 Å². The predicted octanol–water partition coefficient (Wildman–Crippen LogP) is 2.44. The summed E-state index contributed by atoms with van der Waals surface area (Å²) >= 11 is 0. The molecule has 1 saturated heterocycles. The fourth-order valence-corrected chi connectivity index (χ4v) is 2.76. The average Bonchev–Trinajstić information content (AvgIpc) is 2.58. The third-order valence-corrected chi connectivity index (χ3v) is 4.15. The van der Waals surface area contributed by atoms with Gasteiger partial charge in [-0.3, -0.25) is 9.59 Å². The van der Waals surface area contributed by atoms with Gasteiger partial charge in [-0.05, 0) is 25.0 Å². The molecule has 1 N–H and O–H groups in total. The third-order valence-electron chi connectivity index (χ3n) is 4.15. The Hall–Kier alpha value is -2.28. The van der Waals surface area contributed by atoms with Gasteiger partial charge in [-0.15, -0.1) is 0 Å². The van der Waals surface area contributed by atoms with E-state index in [4.69, 9.17) is 0 Å². The van der Waals surface area contributed by atoms with Crippen molar-refractivity contribution in [2.45, 2.75) is 33.6 Å². The molecule has 0 saturated carbocycles. The summed E-state index contributed by atoms with van der Waals surface area (Å²) in [6.07, 6.45) is 1.44. The minimum Gasteiger partial charge on any atom is -0.345 e. The Labute approximate surface area is 144 Å². The number of rotatable bonds is 2. The van der Waals surface area contributed by atoms with Gasteiger partial charge in [-0.2, -0.15) is 0 Å². The first-order valence-electron chi connectivity index (χ1n) is 8.49. The molecule has 0 unspecified atom stereocenters. The normalized spacial score (nSPS) is 15.4. The molecule has 0 radical (unpaired) electrons. The van der Waals surface area contributed by atoms with E-state index in [9.17, 15) is 9.59 Å². The van der Waals surface area contributed by atoms with Gasteiger partial charge < -0.3 is 10.2 Å². The summed E-state index contributed by atoms with van der Waals surface area (Å²) in [5.74, 6) is 6.18. The van der Waals surface area contributed by atoms with E-state index in [2.05, 4.69) is 17.2 Å². The fourth-order valence-electron chi connectivity index (χ4n) is 2.76. The van der Waals surface area contributed by atoms with Crippen LogP contribution in [0.15, 0.2) is 30.3 Å². The van der Waals surface area contributed by atoms with Crippen LogP contribution < -0.4 is 5.32 Å². The molecule has 1 aliphatic heterocycles. The molecule has 4 nitrogen and oxygen atoms in total. The SMILES string of the molecule is CC(C)(C)C(=O)N1CCC(C(=O)NCC#Cc2ccccc2)CC1. The lowest BCUT2D eigenvalue weighted by atomic mass is 9.91. The van der Waals surface area contributed by atoms with Crippen molar-refractivity contribution < 1.29 is 9.59 Å². The van der Waals surface area contributed by atoms with Gasteiger partial charge in [0.05, 0.1) is 6.54 Å². The number of piperidine rings is 1. The molecule has 1 heterocycles. The van der Waals surface area contributed by atoms with Crippen LogP contribution in [0.2, 0.25) is 0 Å². The maximum absolute atomic E-state index is 12.2. The molecule has 0 aliphatic carbocycles. The zero-order valence-corrected chi connectivity index (χ0v) is 14.8. The van der Waals surface area contributed by atoms with Crippen LogP contribution >= 0.6 is 0 Å². The van der Waals surface area contributed by atoms with Gasteiger partial charge in [0.25, 0.3) is 0 Å². The highest BCUT2D eigenvalue weighted by molar-refractivity contribution is 5.82. The number of amides is 2. The van der Waals surface area contributed by atoms with Gasteiger partial charge in [0, 0.05) is 30.0 Å². The van der Waals surface area contributed by atoms with Crippen molar-refractivity contribution in [2.24, 2.45) is 11.3 Å². The van der Waals surface area contributed by atoms with E-state index in [0.717, 1.165) is 18.4 Å². The van der Waals surface area contributed by atoms with E-state index in [0.29, 0.717) is 19.6 Å². The molecule has 1 aromatic carbocycles. The summed E-state index contributed by atoms with van der Waals surface area (Å²) in [6, 6.07) is 9.71. The van der Waals surface area contributed by atoms with Crippen molar-refractivity contribution in [2.75, 3.05) is 19.6 Å². The first-order chi connectivity index (χ1) is 11.4. The third kappa shape index (κ3) is 5.13. The smallest absolute Gasteiger partial charge is 0.227 e. The topological polar surface area (TPSA) is 49.4 Å². The van der Waals surface area contributed by atoms with Crippen LogP contribution in [-0.2, 0) is 9.59 Å². The first-order valence-corrected chi connectivity index (χ1v) is 8.49. The predicted molar refractivity (Wildman–Crippen MR) is 95.1 cm³/mol. The zero-order chi connectivity index (χ0) is 17.6. The molecule has 4 heteroatoms. The molecule has 24 heavy (non-hydrogen) atoms. The quantitative estimate of drug-likeness (QED) is 0.849. The van der Waals surface area contributed by atoms with Crippen molar-refractivity contribution >= 4 is 11.8 Å². The van der Waals surface area contributed by atoms with E-state index in [1.54, 1.807) is 0 Å². The van der Waals surface area contributed by atoms with Crippen LogP contribution in [0.25, 0.3) is 0 Å². The Morgan fingerprint density at radius 1 is 1.17 bits per heavy atom. The molecule has 2 rings (SSSR count). The summed E-state index contributed by atoms with van der Waals surface area (Å²) in [4.78, 5) is 26.3. The molecule has 0 aromatic heterocycles. The van der Waals surface area contributed by atoms with Gasteiger partial charge in [0.2, 0.25) is 11.8 Å². The molecule has 0 spiro atoms. The zero-order valence-electron chi connectivity index (χ0n) is 14.8. The number of nitrogens with one attached hydrogen (secondary N) is 1. The van der Waals surface area contributed by atoms with Gasteiger partial charge in [-0.25, -0.2) is 0 Å². The summed E-state index contributed by atoms with van der Waals surface area (Å²) < 4.78 is 0. The van der Waals surface area contributed by atoms with Crippen molar-refractivity contribution in [1.29, 1.82) is 0 Å². The molecule has 0 atom stereocenters. The van der Waals surface area contributed by atoms with Crippen molar-refractivity contribution in [3.05, 3.63) is 35.9 Å². The summed E-state index contributed by atoms with van der Waals surface area (Å²) in [6.45, 7) is 7.46. The maximum atomic E-state index is 12.2. The number of nitrogens with zero attached hydrogens (tertiary/aromatic N) is 1. The number of carbonyl (C=O) groups is 2. The van der Waals surface area contributed by atoms with E-state index < -0.39 is 0 Å². The number of hydrogen-bond acceptors (Lipinski definition) is 2. The van der Waals surface area contributed by atoms with Crippen LogP contribution in [0, 0.1) is 23.2 Å². The molecule has 1 aliphatic rings. The Morgan fingerprint density at radius 3 is 2.38 bits per heavy atom. The summed E-state index contributed by atoms with van der Waals surface area (Å²) in [7, 11) is 0.